The Labute approximate surface area is 114 Å². The van der Waals surface area contributed by atoms with Crippen LogP contribution in [0.1, 0.15) is 43.5 Å². The van der Waals surface area contributed by atoms with Gasteiger partial charge < -0.3 is 10.2 Å². The maximum absolute atomic E-state index is 13.8. The van der Waals surface area contributed by atoms with Crippen LogP contribution in [0.25, 0.3) is 0 Å². The number of hydrogen-bond donors (Lipinski definition) is 1. The van der Waals surface area contributed by atoms with Crippen molar-refractivity contribution < 1.29 is 9.18 Å². The fraction of sp³-hybridized carbons (Fsp3) is 0.533. The maximum atomic E-state index is 13.8. The zero-order chi connectivity index (χ0) is 14.3. The third-order valence-electron chi connectivity index (χ3n) is 2.99. The molecule has 4 heteroatoms. The molecular formula is C15H23FN2O. The molecule has 0 fully saturated rings. The normalized spacial score (nSPS) is 10.3. The number of unbranched alkanes of at least 4 members (excludes halogenated alkanes) is 1. The predicted molar refractivity (Wildman–Crippen MR) is 77.0 cm³/mol. The molecular weight excluding hydrogens is 243 g/mol. The van der Waals surface area contributed by atoms with Gasteiger partial charge in [-0.1, -0.05) is 26.3 Å². The largest absolute Gasteiger partial charge is 0.382 e. The maximum Gasteiger partial charge on any atom is 0.255 e. The fourth-order valence-corrected chi connectivity index (χ4v) is 1.83. The van der Waals surface area contributed by atoms with E-state index >= 15 is 0 Å². The number of nitrogens with one attached hydrogen (secondary N) is 1. The van der Waals surface area contributed by atoms with Crippen molar-refractivity contribution in [3.63, 3.8) is 0 Å². The number of halogens is 1. The van der Waals surface area contributed by atoms with Gasteiger partial charge >= 0.3 is 0 Å². The Morgan fingerprint density at radius 3 is 2.68 bits per heavy atom. The SMILES string of the molecule is CCCCN(C)C(=O)c1cccc(F)c1NCCC. The molecule has 0 radical (unpaired) electrons. The van der Waals surface area contributed by atoms with Crippen LogP contribution < -0.4 is 5.32 Å². The third kappa shape index (κ3) is 4.23. The van der Waals surface area contributed by atoms with Gasteiger partial charge in [0.2, 0.25) is 0 Å². The summed E-state index contributed by atoms with van der Waals surface area (Å²) < 4.78 is 13.8. The predicted octanol–water partition coefficient (Wildman–Crippen LogP) is 3.52. The van der Waals surface area contributed by atoms with Crippen molar-refractivity contribution in [2.75, 3.05) is 25.5 Å². The fourth-order valence-electron chi connectivity index (χ4n) is 1.83. The van der Waals surface area contributed by atoms with E-state index in [2.05, 4.69) is 12.2 Å². The van der Waals surface area contributed by atoms with E-state index in [4.69, 9.17) is 0 Å². The summed E-state index contributed by atoms with van der Waals surface area (Å²) in [7, 11) is 1.76. The molecule has 19 heavy (non-hydrogen) atoms. The Bertz CT molecular complexity index is 421. The van der Waals surface area contributed by atoms with Crippen LogP contribution in [0.3, 0.4) is 0 Å². The Hall–Kier alpha value is -1.58. The van der Waals surface area contributed by atoms with Gasteiger partial charge in [-0.05, 0) is 25.0 Å². The number of carbonyl (C=O) groups is 1. The highest BCUT2D eigenvalue weighted by Crippen LogP contribution is 2.21. The van der Waals surface area contributed by atoms with Crippen LogP contribution in [0.4, 0.5) is 10.1 Å². The van der Waals surface area contributed by atoms with Crippen LogP contribution in [0.15, 0.2) is 18.2 Å². The summed E-state index contributed by atoms with van der Waals surface area (Å²) in [5.41, 5.74) is 0.727. The Morgan fingerprint density at radius 2 is 2.05 bits per heavy atom. The molecule has 0 atom stereocenters. The van der Waals surface area contributed by atoms with E-state index < -0.39 is 0 Å². The Kier molecular flexibility index (Phi) is 6.33. The number of carbonyl (C=O) groups excluding carboxylic acids is 1. The quantitative estimate of drug-likeness (QED) is 0.819. The molecule has 0 saturated carbocycles. The molecule has 0 heterocycles. The standard InChI is InChI=1S/C15H23FN2O/c1-4-6-11-18(3)15(19)12-8-7-9-13(16)14(12)17-10-5-2/h7-9,17H,4-6,10-11H2,1-3H3. The van der Waals surface area contributed by atoms with Crippen molar-refractivity contribution >= 4 is 11.6 Å². The molecule has 0 spiro atoms. The van der Waals surface area contributed by atoms with E-state index in [1.54, 1.807) is 24.1 Å². The van der Waals surface area contributed by atoms with Gasteiger partial charge in [0, 0.05) is 20.1 Å². The zero-order valence-corrected chi connectivity index (χ0v) is 12.0. The summed E-state index contributed by atoms with van der Waals surface area (Å²) in [5.74, 6) is -0.505. The molecule has 1 N–H and O–H groups in total. The summed E-state index contributed by atoms with van der Waals surface area (Å²) in [5, 5.41) is 3.00. The molecule has 0 aliphatic rings. The smallest absolute Gasteiger partial charge is 0.255 e. The van der Waals surface area contributed by atoms with Crippen LogP contribution >= 0.6 is 0 Å². The lowest BCUT2D eigenvalue weighted by Crippen LogP contribution is -2.28. The average molecular weight is 266 g/mol. The van der Waals surface area contributed by atoms with Gasteiger partial charge in [0.1, 0.15) is 5.82 Å². The molecule has 0 aromatic heterocycles. The Morgan fingerprint density at radius 1 is 1.32 bits per heavy atom. The molecule has 3 nitrogen and oxygen atoms in total. The van der Waals surface area contributed by atoms with Crippen LogP contribution in [0, 0.1) is 5.82 Å². The summed E-state index contributed by atoms with van der Waals surface area (Å²) >= 11 is 0. The lowest BCUT2D eigenvalue weighted by molar-refractivity contribution is 0.0794. The molecule has 0 unspecified atom stereocenters. The van der Waals surface area contributed by atoms with E-state index in [9.17, 15) is 9.18 Å². The molecule has 0 bridgehead atoms. The number of nitrogens with zero attached hydrogens (tertiary/aromatic N) is 1. The second-order valence-electron chi connectivity index (χ2n) is 4.67. The summed E-state index contributed by atoms with van der Waals surface area (Å²) in [4.78, 5) is 14.0. The second-order valence-corrected chi connectivity index (χ2v) is 4.67. The van der Waals surface area contributed by atoms with Gasteiger partial charge in [0.05, 0.1) is 11.3 Å². The first-order valence-electron chi connectivity index (χ1n) is 6.89. The number of amides is 1. The van der Waals surface area contributed by atoms with Gasteiger partial charge in [-0.3, -0.25) is 4.79 Å². The van der Waals surface area contributed by atoms with Gasteiger partial charge in [-0.2, -0.15) is 0 Å². The zero-order valence-electron chi connectivity index (χ0n) is 12.0. The molecule has 0 aliphatic heterocycles. The molecule has 106 valence electrons. The topological polar surface area (TPSA) is 32.3 Å². The third-order valence-corrected chi connectivity index (χ3v) is 2.99. The first kappa shape index (κ1) is 15.5. The average Bonchev–Trinajstić information content (AvgIpc) is 2.42. The highest BCUT2D eigenvalue weighted by atomic mass is 19.1. The van der Waals surface area contributed by atoms with Crippen molar-refractivity contribution in [2.45, 2.75) is 33.1 Å². The summed E-state index contributed by atoms with van der Waals surface area (Å²) in [6.45, 7) is 5.43. The molecule has 1 rings (SSSR count). The first-order valence-corrected chi connectivity index (χ1v) is 6.89. The second kappa shape index (κ2) is 7.77. The Balaban J connectivity index is 2.91. The first-order chi connectivity index (χ1) is 9.11. The number of hydrogen-bond acceptors (Lipinski definition) is 2. The molecule has 1 amide bonds. The number of benzene rings is 1. The van der Waals surface area contributed by atoms with Crippen LogP contribution in [-0.2, 0) is 0 Å². The van der Waals surface area contributed by atoms with Gasteiger partial charge in [-0.15, -0.1) is 0 Å². The number of para-hydroxylation sites is 1. The molecule has 0 saturated heterocycles. The van der Waals surface area contributed by atoms with Gasteiger partial charge in [-0.25, -0.2) is 4.39 Å². The van der Waals surface area contributed by atoms with Crippen molar-refractivity contribution in [1.82, 2.24) is 4.90 Å². The van der Waals surface area contributed by atoms with E-state index in [1.165, 1.54) is 6.07 Å². The highest BCUT2D eigenvalue weighted by Gasteiger charge is 2.17. The van der Waals surface area contributed by atoms with E-state index in [0.29, 0.717) is 24.3 Å². The van der Waals surface area contributed by atoms with E-state index in [-0.39, 0.29) is 11.7 Å². The molecule has 0 aliphatic carbocycles. The lowest BCUT2D eigenvalue weighted by Gasteiger charge is -2.19. The monoisotopic (exact) mass is 266 g/mol. The summed E-state index contributed by atoms with van der Waals surface area (Å²) in [6.07, 6.45) is 2.87. The van der Waals surface area contributed by atoms with Crippen molar-refractivity contribution in [2.24, 2.45) is 0 Å². The van der Waals surface area contributed by atoms with E-state index in [0.717, 1.165) is 19.3 Å². The van der Waals surface area contributed by atoms with Crippen LogP contribution in [0.5, 0.6) is 0 Å². The van der Waals surface area contributed by atoms with Crippen molar-refractivity contribution in [1.29, 1.82) is 0 Å². The number of anilines is 1. The minimum Gasteiger partial charge on any atom is -0.382 e. The van der Waals surface area contributed by atoms with Gasteiger partial charge in [0.25, 0.3) is 5.91 Å². The molecule has 1 aromatic rings. The minimum absolute atomic E-state index is 0.133. The van der Waals surface area contributed by atoms with Crippen LogP contribution in [-0.4, -0.2) is 30.9 Å². The van der Waals surface area contributed by atoms with Crippen molar-refractivity contribution in [3.8, 4) is 0 Å². The van der Waals surface area contributed by atoms with E-state index in [1.807, 2.05) is 6.92 Å². The highest BCUT2D eigenvalue weighted by molar-refractivity contribution is 5.99. The summed E-state index contributed by atoms with van der Waals surface area (Å²) in [6, 6.07) is 4.63. The lowest BCUT2D eigenvalue weighted by atomic mass is 10.1. The van der Waals surface area contributed by atoms with Crippen LogP contribution in [0.2, 0.25) is 0 Å². The van der Waals surface area contributed by atoms with Crippen molar-refractivity contribution in [3.05, 3.63) is 29.6 Å². The number of rotatable bonds is 7. The minimum atomic E-state index is -0.372. The molecule has 1 aromatic carbocycles. The van der Waals surface area contributed by atoms with Gasteiger partial charge in [0.15, 0.2) is 0 Å².